The molecule has 1 saturated heterocycles. The van der Waals surface area contributed by atoms with Gasteiger partial charge in [-0.3, -0.25) is 4.98 Å². The Hall–Kier alpha value is -1.95. The minimum Gasteiger partial charge on any atom is -0.497 e. The number of rotatable bonds is 9. The summed E-state index contributed by atoms with van der Waals surface area (Å²) in [4.78, 5) is 6.82. The number of pyridine rings is 1. The normalized spacial score (nSPS) is 20.7. The molecule has 5 nitrogen and oxygen atoms in total. The molecule has 0 radical (unpaired) electrons. The number of hydrogen-bond donors (Lipinski definition) is 2. The van der Waals surface area contributed by atoms with Gasteiger partial charge in [-0.1, -0.05) is 19.1 Å². The summed E-state index contributed by atoms with van der Waals surface area (Å²) >= 11 is 0. The van der Waals surface area contributed by atoms with E-state index in [0.29, 0.717) is 5.92 Å². The number of likely N-dealkylation sites (tertiary alicyclic amines) is 1. The molecule has 27 heavy (non-hydrogen) atoms. The highest BCUT2D eigenvalue weighted by atomic mass is 16.5. The first-order valence-electron chi connectivity index (χ1n) is 9.89. The highest BCUT2D eigenvalue weighted by Crippen LogP contribution is 2.24. The van der Waals surface area contributed by atoms with Crippen LogP contribution in [0.3, 0.4) is 0 Å². The van der Waals surface area contributed by atoms with Crippen molar-refractivity contribution in [3.63, 3.8) is 0 Å². The van der Waals surface area contributed by atoms with E-state index in [1.807, 2.05) is 18.3 Å². The Labute approximate surface area is 162 Å². The third-order valence-corrected chi connectivity index (χ3v) is 5.29. The lowest BCUT2D eigenvalue weighted by Gasteiger charge is -2.16. The monoisotopic (exact) mass is 369 g/mol. The largest absolute Gasteiger partial charge is 0.497 e. The molecule has 0 amide bonds. The molecule has 0 saturated carbocycles. The zero-order valence-electron chi connectivity index (χ0n) is 16.4. The molecule has 1 aliphatic rings. The lowest BCUT2D eigenvalue weighted by molar-refractivity contribution is 0.141. The summed E-state index contributed by atoms with van der Waals surface area (Å²) < 4.78 is 5.36. The van der Waals surface area contributed by atoms with Gasteiger partial charge < -0.3 is 20.1 Å². The van der Waals surface area contributed by atoms with E-state index in [1.165, 1.54) is 5.56 Å². The summed E-state index contributed by atoms with van der Waals surface area (Å²) in [7, 11) is 1.69. The van der Waals surface area contributed by atoms with Crippen LogP contribution in [-0.4, -0.2) is 60.9 Å². The molecule has 2 unspecified atom stereocenters. The smallest absolute Gasteiger partial charge is 0.119 e. The van der Waals surface area contributed by atoms with E-state index in [2.05, 4.69) is 46.4 Å². The second-order valence-corrected chi connectivity index (χ2v) is 7.23. The number of aliphatic hydroxyl groups is 1. The van der Waals surface area contributed by atoms with Crippen LogP contribution in [0.4, 0.5) is 0 Å². The summed E-state index contributed by atoms with van der Waals surface area (Å²) in [5, 5.41) is 15.0. The van der Waals surface area contributed by atoms with Gasteiger partial charge in [0.25, 0.3) is 0 Å². The molecule has 2 N–H and O–H groups in total. The number of hydrogen-bond acceptors (Lipinski definition) is 5. The molecule has 3 rings (SSSR count). The van der Waals surface area contributed by atoms with Crippen molar-refractivity contribution >= 4 is 10.9 Å². The maximum Gasteiger partial charge on any atom is 0.119 e. The maximum atomic E-state index is 10.4. The number of aromatic nitrogens is 1. The Balaban J connectivity index is 1.55. The Morgan fingerprint density at radius 3 is 3.00 bits per heavy atom. The number of methoxy groups -OCH3 is 1. The van der Waals surface area contributed by atoms with Crippen molar-refractivity contribution in [1.82, 2.24) is 15.2 Å². The van der Waals surface area contributed by atoms with Gasteiger partial charge in [0.1, 0.15) is 5.75 Å². The minimum absolute atomic E-state index is 0.248. The predicted octanol–water partition coefficient (Wildman–Crippen LogP) is 2.63. The van der Waals surface area contributed by atoms with Gasteiger partial charge in [0.05, 0.1) is 18.7 Å². The van der Waals surface area contributed by atoms with Crippen LogP contribution in [-0.2, 0) is 6.42 Å². The first kappa shape index (κ1) is 19.8. The van der Waals surface area contributed by atoms with Crippen molar-refractivity contribution in [1.29, 1.82) is 0 Å². The molecule has 1 fully saturated rings. The van der Waals surface area contributed by atoms with Crippen LogP contribution in [0.2, 0.25) is 0 Å². The number of aliphatic hydroxyl groups excluding tert-OH is 1. The lowest BCUT2D eigenvalue weighted by atomic mass is 10.1. The second-order valence-electron chi connectivity index (χ2n) is 7.23. The van der Waals surface area contributed by atoms with E-state index in [4.69, 9.17) is 4.74 Å². The zero-order chi connectivity index (χ0) is 19.1. The fourth-order valence-corrected chi connectivity index (χ4v) is 3.73. The molecular weight excluding hydrogens is 338 g/mol. The summed E-state index contributed by atoms with van der Waals surface area (Å²) in [5.74, 6) is 1.16. The highest BCUT2D eigenvalue weighted by Gasteiger charge is 2.30. The molecule has 146 valence electrons. The van der Waals surface area contributed by atoms with Crippen molar-refractivity contribution in [3.05, 3.63) is 48.2 Å². The predicted molar refractivity (Wildman–Crippen MR) is 110 cm³/mol. The third kappa shape index (κ3) is 5.28. The van der Waals surface area contributed by atoms with E-state index in [-0.39, 0.29) is 6.10 Å². The second kappa shape index (κ2) is 9.83. The number of fused-ring (bicyclic) bond motifs is 1. The molecule has 0 aliphatic carbocycles. The van der Waals surface area contributed by atoms with E-state index in [9.17, 15) is 5.11 Å². The summed E-state index contributed by atoms with van der Waals surface area (Å²) in [6.07, 6.45) is 7.96. The topological polar surface area (TPSA) is 57.6 Å². The zero-order valence-corrected chi connectivity index (χ0v) is 16.4. The van der Waals surface area contributed by atoms with Crippen molar-refractivity contribution in [2.24, 2.45) is 5.92 Å². The van der Waals surface area contributed by atoms with Crippen molar-refractivity contribution in [3.8, 4) is 5.75 Å². The van der Waals surface area contributed by atoms with Gasteiger partial charge >= 0.3 is 0 Å². The van der Waals surface area contributed by atoms with Gasteiger partial charge in [-0.25, -0.2) is 0 Å². The van der Waals surface area contributed by atoms with Crippen LogP contribution in [0.25, 0.3) is 10.9 Å². The number of allylic oxidation sites excluding steroid dienone is 1. The summed E-state index contributed by atoms with van der Waals surface area (Å²) in [5.41, 5.74) is 2.27. The summed E-state index contributed by atoms with van der Waals surface area (Å²) in [6.45, 7) is 6.52. The van der Waals surface area contributed by atoms with Gasteiger partial charge in [0, 0.05) is 50.2 Å². The molecule has 0 spiro atoms. The lowest BCUT2D eigenvalue weighted by Crippen LogP contribution is -2.30. The SMILES string of the molecule is CC/C=C/CNCC1CN(CCc2ccnc3ccc(OC)cc23)CC1O. The average molecular weight is 370 g/mol. The maximum absolute atomic E-state index is 10.4. The average Bonchev–Trinajstić information content (AvgIpc) is 3.05. The van der Waals surface area contributed by atoms with E-state index >= 15 is 0 Å². The molecule has 0 bridgehead atoms. The molecule has 2 atom stereocenters. The fourth-order valence-electron chi connectivity index (χ4n) is 3.73. The molecule has 2 aromatic rings. The summed E-state index contributed by atoms with van der Waals surface area (Å²) in [6, 6.07) is 8.11. The molecule has 1 aliphatic heterocycles. The van der Waals surface area contributed by atoms with Crippen LogP contribution in [0, 0.1) is 5.92 Å². The minimum atomic E-state index is -0.248. The molecule has 2 heterocycles. The molecule has 1 aromatic heterocycles. The van der Waals surface area contributed by atoms with Gasteiger partial charge in [0.2, 0.25) is 0 Å². The van der Waals surface area contributed by atoms with Crippen molar-refractivity contribution in [2.45, 2.75) is 25.9 Å². The molecule has 5 heteroatoms. The third-order valence-electron chi connectivity index (χ3n) is 5.29. The number of nitrogens with one attached hydrogen (secondary N) is 1. The van der Waals surface area contributed by atoms with Gasteiger partial charge in [0.15, 0.2) is 0 Å². The van der Waals surface area contributed by atoms with Crippen LogP contribution in [0.15, 0.2) is 42.6 Å². The standard InChI is InChI=1S/C22H31N3O2/c1-3-4-5-10-23-14-18-15-25(16-22(18)26)12-9-17-8-11-24-21-7-6-19(27-2)13-20(17)21/h4-8,11,13,18,22-23,26H,3,9-10,12,14-16H2,1-2H3/b5-4+. The van der Waals surface area contributed by atoms with Crippen LogP contribution in [0.5, 0.6) is 5.75 Å². The Kier molecular flexibility index (Phi) is 7.21. The van der Waals surface area contributed by atoms with E-state index in [0.717, 1.165) is 62.2 Å². The first-order valence-corrected chi connectivity index (χ1v) is 9.89. The quantitative estimate of drug-likeness (QED) is 0.526. The van der Waals surface area contributed by atoms with Crippen molar-refractivity contribution < 1.29 is 9.84 Å². The van der Waals surface area contributed by atoms with E-state index in [1.54, 1.807) is 7.11 Å². The first-order chi connectivity index (χ1) is 13.2. The fraction of sp³-hybridized carbons (Fsp3) is 0.500. The molecular formula is C22H31N3O2. The van der Waals surface area contributed by atoms with Crippen molar-refractivity contribution in [2.75, 3.05) is 39.8 Å². The van der Waals surface area contributed by atoms with Crippen LogP contribution >= 0.6 is 0 Å². The van der Waals surface area contributed by atoms with E-state index < -0.39 is 0 Å². The number of nitrogens with zero attached hydrogens (tertiary/aromatic N) is 2. The Bertz CT molecular complexity index is 762. The van der Waals surface area contributed by atoms with Crippen LogP contribution < -0.4 is 10.1 Å². The van der Waals surface area contributed by atoms with Crippen LogP contribution in [0.1, 0.15) is 18.9 Å². The van der Waals surface area contributed by atoms with Gasteiger partial charge in [-0.05, 0) is 42.7 Å². The number of β-amino-alcohol motifs (C(OH)–C–C–N with tert-alkyl or cyclic N) is 1. The number of ether oxygens (including phenoxy) is 1. The van der Waals surface area contributed by atoms with Gasteiger partial charge in [-0.15, -0.1) is 0 Å². The highest BCUT2D eigenvalue weighted by molar-refractivity contribution is 5.83. The van der Waals surface area contributed by atoms with Gasteiger partial charge in [-0.2, -0.15) is 0 Å². The Morgan fingerprint density at radius 2 is 2.19 bits per heavy atom. The Morgan fingerprint density at radius 1 is 1.30 bits per heavy atom. The number of benzene rings is 1. The molecule has 1 aromatic carbocycles.